The highest BCUT2D eigenvalue weighted by Crippen LogP contribution is 2.31. The summed E-state index contributed by atoms with van der Waals surface area (Å²) < 4.78 is 0. The van der Waals surface area contributed by atoms with Gasteiger partial charge in [-0.2, -0.15) is 0 Å². The lowest BCUT2D eigenvalue weighted by Gasteiger charge is -2.12. The Labute approximate surface area is 92.7 Å². The fourth-order valence-corrected chi connectivity index (χ4v) is 3.23. The van der Waals surface area contributed by atoms with E-state index in [4.69, 9.17) is 23.2 Å². The highest BCUT2D eigenvalue weighted by atomic mass is 35.5. The minimum atomic E-state index is 0.635. The van der Waals surface area contributed by atoms with Crippen molar-refractivity contribution in [2.24, 2.45) is 0 Å². The van der Waals surface area contributed by atoms with Crippen molar-refractivity contribution in [3.05, 3.63) is 33.8 Å². The Balaban J connectivity index is 2.93. The molecule has 1 rings (SSSR count). The number of halogens is 2. The van der Waals surface area contributed by atoms with Gasteiger partial charge in [0.25, 0.3) is 0 Å². The number of hydrogen-bond donors (Lipinski definition) is 0. The summed E-state index contributed by atoms with van der Waals surface area (Å²) in [6, 6.07) is 5.90. The lowest BCUT2D eigenvalue weighted by atomic mass is 10.1. The third-order valence-electron chi connectivity index (χ3n) is 2.23. The molecule has 1 atom stereocenters. The van der Waals surface area contributed by atoms with Crippen LogP contribution in [0.2, 0.25) is 10.0 Å². The fraction of sp³-hybridized carbons (Fsp3) is 0.400. The van der Waals surface area contributed by atoms with Crippen LogP contribution in [0.25, 0.3) is 0 Å². The molecule has 0 aliphatic heterocycles. The maximum absolute atomic E-state index is 6.11. The molecule has 0 fully saturated rings. The molecular formula is C10H14Cl2Si. The van der Waals surface area contributed by atoms with Gasteiger partial charge in [0.1, 0.15) is 0 Å². The molecule has 0 nitrogen and oxygen atoms in total. The van der Waals surface area contributed by atoms with Crippen molar-refractivity contribution < 1.29 is 0 Å². The van der Waals surface area contributed by atoms with Crippen LogP contribution in [-0.4, -0.2) is 10.2 Å². The second-order valence-electron chi connectivity index (χ2n) is 3.33. The maximum atomic E-state index is 6.11. The van der Waals surface area contributed by atoms with E-state index in [-0.39, 0.29) is 0 Å². The molecule has 72 valence electrons. The Bertz CT molecular complexity index is 286. The Morgan fingerprint density at radius 3 is 2.69 bits per heavy atom. The average molecular weight is 233 g/mol. The zero-order chi connectivity index (χ0) is 9.84. The molecule has 0 aromatic heterocycles. The highest BCUT2D eigenvalue weighted by molar-refractivity contribution is 6.42. The first-order valence-electron chi connectivity index (χ1n) is 4.60. The molecule has 0 N–H and O–H groups in total. The predicted molar refractivity (Wildman–Crippen MR) is 64.1 cm³/mol. The average Bonchev–Trinajstić information content (AvgIpc) is 2.10. The summed E-state index contributed by atoms with van der Waals surface area (Å²) in [6.07, 6.45) is 2.42. The van der Waals surface area contributed by atoms with E-state index in [1.165, 1.54) is 18.4 Å². The van der Waals surface area contributed by atoms with E-state index in [9.17, 15) is 0 Å². The number of rotatable bonds is 3. The van der Waals surface area contributed by atoms with Crippen molar-refractivity contribution in [3.63, 3.8) is 0 Å². The van der Waals surface area contributed by atoms with Gasteiger partial charge in [0.15, 0.2) is 0 Å². The molecular weight excluding hydrogens is 219 g/mol. The standard InChI is InChI=1S/C10H14Cl2Si/c1-2-4-9(13)7-5-3-6-8(11)10(7)12/h3,5-6,9H,2,4H2,1,13H3. The van der Waals surface area contributed by atoms with Gasteiger partial charge in [-0.3, -0.25) is 0 Å². The molecule has 13 heavy (non-hydrogen) atoms. The molecule has 0 aliphatic rings. The smallest absolute Gasteiger partial charge is 0.0623 e. The van der Waals surface area contributed by atoms with E-state index >= 15 is 0 Å². The predicted octanol–water partition coefficient (Wildman–Crippen LogP) is 3.20. The van der Waals surface area contributed by atoms with E-state index < -0.39 is 0 Å². The number of hydrogen-bond acceptors (Lipinski definition) is 0. The molecule has 0 bridgehead atoms. The van der Waals surface area contributed by atoms with Gasteiger partial charge in [-0.05, 0) is 23.6 Å². The molecule has 1 aromatic rings. The first-order chi connectivity index (χ1) is 6.16. The first kappa shape index (κ1) is 11.1. The molecule has 0 saturated carbocycles. The van der Waals surface area contributed by atoms with Crippen LogP contribution in [0.1, 0.15) is 30.9 Å². The van der Waals surface area contributed by atoms with Gasteiger partial charge in [0.05, 0.1) is 10.0 Å². The third kappa shape index (κ3) is 2.73. The summed E-state index contributed by atoms with van der Waals surface area (Å²) in [5.74, 6) is 0. The van der Waals surface area contributed by atoms with Crippen molar-refractivity contribution in [1.82, 2.24) is 0 Å². The molecule has 0 radical (unpaired) electrons. The zero-order valence-electron chi connectivity index (χ0n) is 7.98. The van der Waals surface area contributed by atoms with Crippen molar-refractivity contribution in [1.29, 1.82) is 0 Å². The van der Waals surface area contributed by atoms with E-state index in [0.29, 0.717) is 10.6 Å². The largest absolute Gasteiger partial charge is 0.0827 e. The SMILES string of the molecule is CCCC([SiH3])c1cccc(Cl)c1Cl. The van der Waals surface area contributed by atoms with Crippen molar-refractivity contribution in [2.45, 2.75) is 25.3 Å². The van der Waals surface area contributed by atoms with E-state index in [2.05, 4.69) is 13.0 Å². The maximum Gasteiger partial charge on any atom is 0.0623 e. The van der Waals surface area contributed by atoms with Gasteiger partial charge in [-0.25, -0.2) is 0 Å². The molecule has 1 unspecified atom stereocenters. The summed E-state index contributed by atoms with van der Waals surface area (Å²) in [4.78, 5) is 0. The minimum Gasteiger partial charge on any atom is -0.0827 e. The molecule has 0 amide bonds. The summed E-state index contributed by atoms with van der Waals surface area (Å²) in [7, 11) is 1.14. The molecule has 0 saturated heterocycles. The zero-order valence-corrected chi connectivity index (χ0v) is 11.5. The van der Waals surface area contributed by atoms with E-state index in [1.54, 1.807) is 0 Å². The monoisotopic (exact) mass is 232 g/mol. The van der Waals surface area contributed by atoms with Crippen LogP contribution >= 0.6 is 23.2 Å². The minimum absolute atomic E-state index is 0.635. The van der Waals surface area contributed by atoms with Gasteiger partial charge >= 0.3 is 0 Å². The molecule has 1 aromatic carbocycles. The lowest BCUT2D eigenvalue weighted by Crippen LogP contribution is -1.98. The second kappa shape index (κ2) is 5.04. The summed E-state index contributed by atoms with van der Waals surface area (Å²) in [5, 5.41) is 1.42. The van der Waals surface area contributed by atoms with E-state index in [1.807, 2.05) is 12.1 Å². The summed E-state index contributed by atoms with van der Waals surface area (Å²) in [6.45, 7) is 2.20. The van der Waals surface area contributed by atoms with Crippen molar-refractivity contribution in [2.75, 3.05) is 0 Å². The summed E-state index contributed by atoms with van der Waals surface area (Å²) >= 11 is 12.1. The summed E-state index contributed by atoms with van der Waals surface area (Å²) in [5.41, 5.74) is 1.86. The second-order valence-corrected chi connectivity index (χ2v) is 5.51. The Morgan fingerprint density at radius 2 is 2.08 bits per heavy atom. The molecule has 3 heteroatoms. The van der Waals surface area contributed by atoms with Crippen molar-refractivity contribution >= 4 is 33.4 Å². The van der Waals surface area contributed by atoms with E-state index in [0.717, 1.165) is 15.3 Å². The normalized spacial score (nSPS) is 13.2. The van der Waals surface area contributed by atoms with Gasteiger partial charge in [0.2, 0.25) is 0 Å². The highest BCUT2D eigenvalue weighted by Gasteiger charge is 2.10. The quantitative estimate of drug-likeness (QED) is 0.703. The Hall–Kier alpha value is 0.0169. The molecule has 0 heterocycles. The topological polar surface area (TPSA) is 0 Å². The van der Waals surface area contributed by atoms with Gasteiger partial charge < -0.3 is 0 Å². The van der Waals surface area contributed by atoms with Crippen LogP contribution in [-0.2, 0) is 0 Å². The van der Waals surface area contributed by atoms with Crippen molar-refractivity contribution in [3.8, 4) is 0 Å². The van der Waals surface area contributed by atoms with Crippen LogP contribution in [0.5, 0.6) is 0 Å². The molecule has 0 aliphatic carbocycles. The number of benzene rings is 1. The van der Waals surface area contributed by atoms with Crippen LogP contribution in [0.4, 0.5) is 0 Å². The van der Waals surface area contributed by atoms with Crippen LogP contribution in [0.3, 0.4) is 0 Å². The van der Waals surface area contributed by atoms with Crippen LogP contribution < -0.4 is 0 Å². The van der Waals surface area contributed by atoms with Crippen LogP contribution in [0.15, 0.2) is 18.2 Å². The molecule has 0 spiro atoms. The third-order valence-corrected chi connectivity index (χ3v) is 4.27. The Kier molecular flexibility index (Phi) is 4.30. The van der Waals surface area contributed by atoms with Gasteiger partial charge in [0, 0.05) is 10.2 Å². The lowest BCUT2D eigenvalue weighted by molar-refractivity contribution is 0.769. The van der Waals surface area contributed by atoms with Crippen LogP contribution in [0, 0.1) is 0 Å². The van der Waals surface area contributed by atoms with Gasteiger partial charge in [-0.1, -0.05) is 48.7 Å². The fourth-order valence-electron chi connectivity index (χ4n) is 1.49. The Morgan fingerprint density at radius 1 is 1.38 bits per heavy atom. The first-order valence-corrected chi connectivity index (χ1v) is 6.51. The van der Waals surface area contributed by atoms with Gasteiger partial charge in [-0.15, -0.1) is 0 Å².